The molecule has 1 rings (SSSR count). The van der Waals surface area contributed by atoms with Crippen LogP contribution in [-0.4, -0.2) is 29.5 Å². The summed E-state index contributed by atoms with van der Waals surface area (Å²) in [6.07, 6.45) is 2.24. The smallest absolute Gasteiger partial charge is 0.0662 e. The van der Waals surface area contributed by atoms with Gasteiger partial charge in [-0.25, -0.2) is 0 Å². The summed E-state index contributed by atoms with van der Waals surface area (Å²) in [5.74, 6) is 0. The Balaban J connectivity index is 2.51. The number of hydrogen-bond acceptors (Lipinski definition) is 3. The third kappa shape index (κ3) is 4.42. The van der Waals surface area contributed by atoms with E-state index in [9.17, 15) is 0 Å². The van der Waals surface area contributed by atoms with Gasteiger partial charge in [-0.1, -0.05) is 13.8 Å². The predicted octanol–water partition coefficient (Wildman–Crippen LogP) is 2.43. The van der Waals surface area contributed by atoms with Gasteiger partial charge in [-0.3, -0.25) is 4.68 Å². The molecule has 18 heavy (non-hydrogen) atoms. The summed E-state index contributed by atoms with van der Waals surface area (Å²) in [5, 5.41) is 8.02. The Labute approximate surface area is 111 Å². The molecule has 1 aromatic heterocycles. The van der Waals surface area contributed by atoms with Gasteiger partial charge in [0.15, 0.2) is 0 Å². The molecule has 0 aliphatic carbocycles. The topological polar surface area (TPSA) is 39.1 Å². The molecule has 0 bridgehead atoms. The lowest BCUT2D eigenvalue weighted by molar-refractivity contribution is 0.124. The largest absolute Gasteiger partial charge is 0.380 e. The van der Waals surface area contributed by atoms with E-state index in [1.54, 1.807) is 0 Å². The highest BCUT2D eigenvalue weighted by atomic mass is 16.5. The number of aromatic nitrogens is 2. The first kappa shape index (κ1) is 15.2. The van der Waals surface area contributed by atoms with E-state index >= 15 is 0 Å². The second-order valence-electron chi connectivity index (χ2n) is 4.66. The van der Waals surface area contributed by atoms with Crippen molar-refractivity contribution in [3.8, 4) is 0 Å². The zero-order valence-corrected chi connectivity index (χ0v) is 12.3. The highest BCUT2D eigenvalue weighted by molar-refractivity contribution is 5.24. The Morgan fingerprint density at radius 3 is 2.61 bits per heavy atom. The van der Waals surface area contributed by atoms with Crippen LogP contribution in [-0.2, 0) is 17.8 Å². The van der Waals surface area contributed by atoms with E-state index in [0.29, 0.717) is 0 Å². The van der Waals surface area contributed by atoms with Crippen molar-refractivity contribution >= 4 is 0 Å². The van der Waals surface area contributed by atoms with Crippen LogP contribution in [0.1, 0.15) is 43.6 Å². The molecule has 0 unspecified atom stereocenters. The Morgan fingerprint density at radius 2 is 1.94 bits per heavy atom. The summed E-state index contributed by atoms with van der Waals surface area (Å²) in [6, 6.07) is 0. The molecular weight excluding hydrogens is 226 g/mol. The highest BCUT2D eigenvalue weighted by Crippen LogP contribution is 2.12. The van der Waals surface area contributed by atoms with Gasteiger partial charge in [0.25, 0.3) is 0 Å². The average molecular weight is 253 g/mol. The van der Waals surface area contributed by atoms with Crippen molar-refractivity contribution in [3.63, 3.8) is 0 Å². The quantitative estimate of drug-likeness (QED) is 0.687. The van der Waals surface area contributed by atoms with Gasteiger partial charge < -0.3 is 10.1 Å². The van der Waals surface area contributed by atoms with Crippen molar-refractivity contribution in [1.29, 1.82) is 0 Å². The van der Waals surface area contributed by atoms with E-state index in [1.807, 2.05) is 0 Å². The lowest BCUT2D eigenvalue weighted by Crippen LogP contribution is -2.15. The molecule has 0 aromatic carbocycles. The second kappa shape index (κ2) is 8.27. The maximum atomic E-state index is 5.51. The van der Waals surface area contributed by atoms with Gasteiger partial charge in [0.05, 0.1) is 18.8 Å². The summed E-state index contributed by atoms with van der Waals surface area (Å²) in [4.78, 5) is 0. The minimum Gasteiger partial charge on any atom is -0.380 e. The van der Waals surface area contributed by atoms with Crippen LogP contribution < -0.4 is 5.32 Å². The van der Waals surface area contributed by atoms with E-state index in [4.69, 9.17) is 4.74 Å². The second-order valence-corrected chi connectivity index (χ2v) is 4.66. The monoisotopic (exact) mass is 253 g/mol. The Kier molecular flexibility index (Phi) is 6.98. The SMILES string of the molecule is CCCNCc1c(C)nn(CCOCCC)c1C. The minimum atomic E-state index is 0.748. The lowest BCUT2D eigenvalue weighted by atomic mass is 10.2. The van der Waals surface area contributed by atoms with Gasteiger partial charge in [-0.2, -0.15) is 5.10 Å². The molecule has 0 saturated carbocycles. The summed E-state index contributed by atoms with van der Waals surface area (Å²) < 4.78 is 7.58. The van der Waals surface area contributed by atoms with Gasteiger partial charge in [0.1, 0.15) is 0 Å². The Bertz CT molecular complexity index is 347. The van der Waals surface area contributed by atoms with Gasteiger partial charge >= 0.3 is 0 Å². The molecule has 1 aromatic rings. The van der Waals surface area contributed by atoms with Crippen molar-refractivity contribution in [2.45, 2.75) is 53.6 Å². The van der Waals surface area contributed by atoms with Crippen molar-refractivity contribution in [3.05, 3.63) is 17.0 Å². The van der Waals surface area contributed by atoms with E-state index in [0.717, 1.165) is 51.4 Å². The molecule has 0 aliphatic heterocycles. The number of hydrogen-bond donors (Lipinski definition) is 1. The Morgan fingerprint density at radius 1 is 1.17 bits per heavy atom. The molecule has 4 nitrogen and oxygen atoms in total. The summed E-state index contributed by atoms with van der Waals surface area (Å²) in [7, 11) is 0. The van der Waals surface area contributed by atoms with E-state index in [1.165, 1.54) is 11.3 Å². The van der Waals surface area contributed by atoms with Crippen LogP contribution in [0.3, 0.4) is 0 Å². The summed E-state index contributed by atoms with van der Waals surface area (Å²) in [5.41, 5.74) is 3.72. The van der Waals surface area contributed by atoms with Crippen LogP contribution in [0, 0.1) is 13.8 Å². The van der Waals surface area contributed by atoms with Crippen molar-refractivity contribution in [1.82, 2.24) is 15.1 Å². The van der Waals surface area contributed by atoms with E-state index in [-0.39, 0.29) is 0 Å². The normalized spacial score (nSPS) is 11.1. The standard InChI is InChI=1S/C14H27N3O/c1-5-7-15-11-14-12(3)16-17(13(14)4)8-10-18-9-6-2/h15H,5-11H2,1-4H3. The fraction of sp³-hybridized carbons (Fsp3) is 0.786. The molecule has 0 saturated heterocycles. The molecule has 0 aliphatic rings. The first-order valence-electron chi connectivity index (χ1n) is 7.02. The van der Waals surface area contributed by atoms with Gasteiger partial charge in [-0.15, -0.1) is 0 Å². The lowest BCUT2D eigenvalue weighted by Gasteiger charge is -2.06. The molecule has 0 spiro atoms. The average Bonchev–Trinajstić information content (AvgIpc) is 2.62. The molecule has 1 heterocycles. The van der Waals surface area contributed by atoms with Crippen LogP contribution in [0.2, 0.25) is 0 Å². The fourth-order valence-electron chi connectivity index (χ4n) is 2.00. The molecule has 0 amide bonds. The molecule has 0 atom stereocenters. The third-order valence-electron chi connectivity index (χ3n) is 3.06. The molecule has 1 N–H and O–H groups in total. The van der Waals surface area contributed by atoms with Crippen LogP contribution >= 0.6 is 0 Å². The number of nitrogens with one attached hydrogen (secondary N) is 1. The number of ether oxygens (including phenoxy) is 1. The minimum absolute atomic E-state index is 0.748. The predicted molar refractivity (Wildman–Crippen MR) is 74.8 cm³/mol. The molecule has 4 heteroatoms. The maximum Gasteiger partial charge on any atom is 0.0662 e. The highest BCUT2D eigenvalue weighted by Gasteiger charge is 2.10. The zero-order valence-electron chi connectivity index (χ0n) is 12.3. The van der Waals surface area contributed by atoms with Gasteiger partial charge in [0.2, 0.25) is 0 Å². The van der Waals surface area contributed by atoms with Crippen molar-refractivity contribution < 1.29 is 4.74 Å². The first-order valence-corrected chi connectivity index (χ1v) is 7.02. The van der Waals surface area contributed by atoms with Crippen LogP contribution in [0.4, 0.5) is 0 Å². The number of aryl methyl sites for hydroxylation is 1. The Hall–Kier alpha value is -0.870. The van der Waals surface area contributed by atoms with Crippen LogP contribution in [0.25, 0.3) is 0 Å². The fourth-order valence-corrected chi connectivity index (χ4v) is 2.00. The molecule has 0 fully saturated rings. The zero-order chi connectivity index (χ0) is 13.4. The molecular formula is C14H27N3O. The van der Waals surface area contributed by atoms with Crippen molar-refractivity contribution in [2.75, 3.05) is 19.8 Å². The molecule has 104 valence electrons. The third-order valence-corrected chi connectivity index (χ3v) is 3.06. The molecule has 0 radical (unpaired) electrons. The number of nitrogens with zero attached hydrogens (tertiary/aromatic N) is 2. The van der Waals surface area contributed by atoms with Crippen LogP contribution in [0.5, 0.6) is 0 Å². The van der Waals surface area contributed by atoms with Gasteiger partial charge in [0, 0.05) is 24.4 Å². The van der Waals surface area contributed by atoms with Gasteiger partial charge in [-0.05, 0) is 33.2 Å². The van der Waals surface area contributed by atoms with E-state index in [2.05, 4.69) is 42.8 Å². The van der Waals surface area contributed by atoms with E-state index < -0.39 is 0 Å². The van der Waals surface area contributed by atoms with Crippen LogP contribution in [0.15, 0.2) is 0 Å². The first-order chi connectivity index (χ1) is 8.70. The van der Waals surface area contributed by atoms with Crippen molar-refractivity contribution in [2.24, 2.45) is 0 Å². The maximum absolute atomic E-state index is 5.51. The summed E-state index contributed by atoms with van der Waals surface area (Å²) in [6.45, 7) is 12.9. The summed E-state index contributed by atoms with van der Waals surface area (Å²) >= 11 is 0. The number of rotatable bonds is 9.